The van der Waals surface area contributed by atoms with E-state index in [0.717, 1.165) is 36.9 Å². The second-order valence-electron chi connectivity index (χ2n) is 10.8. The minimum absolute atomic E-state index is 0.0192. The molecular weight excluding hydrogens is 410 g/mol. The Bertz CT molecular complexity index is 879. The van der Waals surface area contributed by atoms with Gasteiger partial charge in [0.15, 0.2) is 12.2 Å². The Kier molecular flexibility index (Phi) is 9.19. The fraction of sp³-hybridized carbons (Fsp3) is 0.690. The van der Waals surface area contributed by atoms with Crippen molar-refractivity contribution >= 4 is 5.97 Å². The number of aliphatic hydroxyl groups is 1. The third-order valence-electron chi connectivity index (χ3n) is 8.17. The highest BCUT2D eigenvalue weighted by molar-refractivity contribution is 5.82. The van der Waals surface area contributed by atoms with Crippen molar-refractivity contribution in [3.05, 3.63) is 34.9 Å². The number of hydrogen-bond acceptors (Lipinski definition) is 4. The van der Waals surface area contributed by atoms with Gasteiger partial charge in [0.1, 0.15) is 0 Å². The van der Waals surface area contributed by atoms with Crippen molar-refractivity contribution in [2.45, 2.75) is 99.3 Å². The number of carbonyl (C=O) groups is 1. The van der Waals surface area contributed by atoms with E-state index in [1.807, 2.05) is 32.0 Å². The van der Waals surface area contributed by atoms with Crippen LogP contribution in [0.2, 0.25) is 0 Å². The van der Waals surface area contributed by atoms with E-state index in [9.17, 15) is 9.90 Å². The first-order chi connectivity index (χ1) is 15.4. The van der Waals surface area contributed by atoms with Gasteiger partial charge in [-0.15, -0.1) is 0 Å². The lowest BCUT2D eigenvalue weighted by Gasteiger charge is -2.50. The number of nitrogens with zero attached hydrogens (tertiary/aromatic N) is 1. The van der Waals surface area contributed by atoms with Gasteiger partial charge in [0.25, 0.3) is 0 Å². The van der Waals surface area contributed by atoms with Crippen LogP contribution in [0.15, 0.2) is 18.2 Å². The summed E-state index contributed by atoms with van der Waals surface area (Å²) < 4.78 is 5.66. The third kappa shape index (κ3) is 5.81. The second-order valence-corrected chi connectivity index (χ2v) is 10.8. The number of benzene rings is 1. The van der Waals surface area contributed by atoms with E-state index < -0.39 is 11.6 Å². The summed E-state index contributed by atoms with van der Waals surface area (Å²) in [6.07, 6.45) is 2.89. The zero-order valence-corrected chi connectivity index (χ0v) is 22.3. The van der Waals surface area contributed by atoms with Crippen LogP contribution in [0.3, 0.4) is 0 Å². The maximum absolute atomic E-state index is 13.5. The Labute approximate surface area is 202 Å². The molecule has 4 nitrogen and oxygen atoms in total. The van der Waals surface area contributed by atoms with E-state index in [-0.39, 0.29) is 24.0 Å². The van der Waals surface area contributed by atoms with Crippen molar-refractivity contribution in [1.29, 1.82) is 0 Å². The number of carbonyl (C=O) groups excluding carboxylic acids is 1. The van der Waals surface area contributed by atoms with Gasteiger partial charge < -0.3 is 9.84 Å². The molecule has 2 rings (SSSR count). The van der Waals surface area contributed by atoms with E-state index in [0.29, 0.717) is 17.5 Å². The molecule has 4 unspecified atom stereocenters. The van der Waals surface area contributed by atoms with Crippen LogP contribution in [0.25, 0.3) is 0 Å². The smallest absolute Gasteiger partial charge is 0.344 e. The first-order valence-electron chi connectivity index (χ1n) is 12.6. The predicted octanol–water partition coefficient (Wildman–Crippen LogP) is 5.62. The van der Waals surface area contributed by atoms with E-state index in [1.54, 1.807) is 0 Å². The van der Waals surface area contributed by atoms with Crippen molar-refractivity contribution in [1.82, 2.24) is 4.90 Å². The zero-order chi connectivity index (χ0) is 25.0. The van der Waals surface area contributed by atoms with Crippen molar-refractivity contribution < 1.29 is 14.6 Å². The summed E-state index contributed by atoms with van der Waals surface area (Å²) in [5, 5.41) is 12.1. The van der Waals surface area contributed by atoms with Gasteiger partial charge in [-0.05, 0) is 75.6 Å². The Morgan fingerprint density at radius 2 is 1.91 bits per heavy atom. The minimum atomic E-state index is -1.70. The van der Waals surface area contributed by atoms with Crippen molar-refractivity contribution in [3.63, 3.8) is 0 Å². The van der Waals surface area contributed by atoms with Gasteiger partial charge in [0.05, 0.1) is 6.04 Å². The summed E-state index contributed by atoms with van der Waals surface area (Å²) in [6.45, 7) is 20.0. The van der Waals surface area contributed by atoms with Crippen molar-refractivity contribution in [2.75, 3.05) is 13.2 Å². The molecule has 0 bridgehead atoms. The molecular formula is C29H45NO3. The van der Waals surface area contributed by atoms with Crippen molar-refractivity contribution in [2.24, 2.45) is 17.3 Å². The maximum Gasteiger partial charge on any atom is 0.344 e. The monoisotopic (exact) mass is 455 g/mol. The molecule has 1 N–H and O–H groups in total. The SMILES string of the molecule is CCN(C(C)C)C(C)C#CCOC(=O)C(O)(c1ccc(C)c(C)c1)C1CCCC(C)C1(C)C. The lowest BCUT2D eigenvalue weighted by molar-refractivity contribution is -0.185. The van der Waals surface area contributed by atoms with Crippen molar-refractivity contribution in [3.8, 4) is 11.8 Å². The lowest BCUT2D eigenvalue weighted by atomic mass is 9.56. The van der Waals surface area contributed by atoms with Gasteiger partial charge in [-0.3, -0.25) is 4.90 Å². The van der Waals surface area contributed by atoms with Gasteiger partial charge in [-0.25, -0.2) is 4.79 Å². The van der Waals surface area contributed by atoms with Gasteiger partial charge in [-0.2, -0.15) is 0 Å². The molecule has 0 spiro atoms. The van der Waals surface area contributed by atoms with E-state index in [1.165, 1.54) is 0 Å². The average molecular weight is 456 g/mol. The summed E-state index contributed by atoms with van der Waals surface area (Å²) in [5.41, 5.74) is 0.918. The van der Waals surface area contributed by atoms with Gasteiger partial charge in [0, 0.05) is 12.0 Å². The molecule has 0 heterocycles. The molecule has 1 aliphatic rings. The molecule has 0 aromatic heterocycles. The number of aryl methyl sites for hydroxylation is 2. The molecule has 0 aliphatic heterocycles. The van der Waals surface area contributed by atoms with Crippen LogP contribution in [-0.2, 0) is 15.1 Å². The lowest BCUT2D eigenvalue weighted by Crippen LogP contribution is -2.53. The predicted molar refractivity (Wildman–Crippen MR) is 136 cm³/mol. The molecule has 4 atom stereocenters. The molecule has 1 aromatic carbocycles. The van der Waals surface area contributed by atoms with Crippen LogP contribution in [0.1, 0.15) is 84.4 Å². The Morgan fingerprint density at radius 3 is 2.48 bits per heavy atom. The fourth-order valence-corrected chi connectivity index (χ4v) is 5.47. The molecule has 0 radical (unpaired) electrons. The maximum atomic E-state index is 13.5. The standard InChI is InChI=1S/C29H45NO3/c1-10-30(20(2)3)24(7)14-12-18-33-27(31)29(32,25-17-16-21(4)22(5)19-25)26-15-11-13-23(6)28(26,8)9/h16-17,19-20,23-24,26,32H,10-11,13,15,18H2,1-9H3. The van der Waals surface area contributed by atoms with Gasteiger partial charge in [-0.1, -0.05) is 70.6 Å². The Morgan fingerprint density at radius 1 is 1.24 bits per heavy atom. The van der Waals surface area contributed by atoms with Gasteiger partial charge in [0.2, 0.25) is 0 Å². The van der Waals surface area contributed by atoms with Crippen LogP contribution in [0.4, 0.5) is 0 Å². The summed E-state index contributed by atoms with van der Waals surface area (Å²) in [4.78, 5) is 15.8. The second kappa shape index (κ2) is 11.1. The largest absolute Gasteiger partial charge is 0.450 e. The normalized spacial score (nSPS) is 22.9. The highest BCUT2D eigenvalue weighted by Gasteiger charge is 2.55. The highest BCUT2D eigenvalue weighted by atomic mass is 16.5. The molecule has 0 saturated heterocycles. The third-order valence-corrected chi connectivity index (χ3v) is 8.17. The molecule has 0 amide bonds. The molecule has 33 heavy (non-hydrogen) atoms. The summed E-state index contributed by atoms with van der Waals surface area (Å²) in [7, 11) is 0. The Balaban J connectivity index is 2.34. The first-order valence-corrected chi connectivity index (χ1v) is 12.6. The molecule has 1 aromatic rings. The van der Waals surface area contributed by atoms with Crippen LogP contribution >= 0.6 is 0 Å². The molecule has 184 valence electrons. The quantitative estimate of drug-likeness (QED) is 0.428. The number of esters is 1. The van der Waals surface area contributed by atoms with E-state index in [4.69, 9.17) is 4.74 Å². The topological polar surface area (TPSA) is 49.8 Å². The number of hydrogen-bond donors (Lipinski definition) is 1. The first kappa shape index (κ1) is 27.4. The van der Waals surface area contributed by atoms with Crippen LogP contribution in [-0.4, -0.2) is 41.2 Å². The Hall–Kier alpha value is -1.83. The van der Waals surface area contributed by atoms with Gasteiger partial charge >= 0.3 is 5.97 Å². The fourth-order valence-electron chi connectivity index (χ4n) is 5.47. The van der Waals surface area contributed by atoms with Crippen LogP contribution < -0.4 is 0 Å². The molecule has 1 fully saturated rings. The van der Waals surface area contributed by atoms with Crippen LogP contribution in [0.5, 0.6) is 0 Å². The van der Waals surface area contributed by atoms with E-state index in [2.05, 4.69) is 65.2 Å². The molecule has 1 saturated carbocycles. The van der Waals surface area contributed by atoms with E-state index >= 15 is 0 Å². The summed E-state index contributed by atoms with van der Waals surface area (Å²) in [6, 6.07) is 6.28. The zero-order valence-electron chi connectivity index (χ0n) is 22.3. The van der Waals surface area contributed by atoms with Crippen LogP contribution in [0, 0.1) is 42.9 Å². The number of rotatable bonds is 7. The summed E-state index contributed by atoms with van der Waals surface area (Å²) >= 11 is 0. The molecule has 1 aliphatic carbocycles. The minimum Gasteiger partial charge on any atom is -0.450 e. The number of ether oxygens (including phenoxy) is 1. The molecule has 4 heteroatoms. The average Bonchev–Trinajstić information content (AvgIpc) is 2.74. The summed E-state index contributed by atoms with van der Waals surface area (Å²) in [5.74, 6) is 5.80. The highest BCUT2D eigenvalue weighted by Crippen LogP contribution is 2.53.